The zero-order valence-corrected chi connectivity index (χ0v) is 17.7. The molecule has 1 heterocycles. The van der Waals surface area contributed by atoms with Crippen LogP contribution in [-0.4, -0.2) is 34.7 Å². The monoisotopic (exact) mass is 458 g/mol. The molecule has 0 spiro atoms. The van der Waals surface area contributed by atoms with E-state index in [1.54, 1.807) is 31.2 Å². The van der Waals surface area contributed by atoms with Crippen molar-refractivity contribution >= 4 is 41.3 Å². The molecule has 8 nitrogen and oxygen atoms in total. The standard InChI is InChI=1S/C21H16Cl2N4O4/c1-2-30-19-9-13(11-26-27-20(28)17-12-24-7-8-25-17)3-6-18(19)31-21(29)15-5-4-14(22)10-16(15)23/h3-12H,2H2,1H3,(H,27,28)/b26-11+. The van der Waals surface area contributed by atoms with Crippen molar-refractivity contribution in [3.05, 3.63) is 81.9 Å². The molecule has 2 aromatic carbocycles. The van der Waals surface area contributed by atoms with Gasteiger partial charge in [0.1, 0.15) is 5.69 Å². The number of hydrogen-bond acceptors (Lipinski definition) is 7. The zero-order valence-electron chi connectivity index (χ0n) is 16.2. The van der Waals surface area contributed by atoms with E-state index >= 15 is 0 Å². The van der Waals surface area contributed by atoms with Crippen molar-refractivity contribution in [1.29, 1.82) is 0 Å². The highest BCUT2D eigenvalue weighted by Crippen LogP contribution is 2.30. The summed E-state index contributed by atoms with van der Waals surface area (Å²) in [5, 5.41) is 4.48. The van der Waals surface area contributed by atoms with Crippen LogP contribution in [0.1, 0.15) is 33.3 Å². The van der Waals surface area contributed by atoms with E-state index < -0.39 is 11.9 Å². The maximum Gasteiger partial charge on any atom is 0.345 e. The molecule has 0 aliphatic carbocycles. The molecule has 3 rings (SSSR count). The molecule has 1 amide bonds. The van der Waals surface area contributed by atoms with Crippen LogP contribution < -0.4 is 14.9 Å². The quantitative estimate of drug-likeness (QED) is 0.246. The summed E-state index contributed by atoms with van der Waals surface area (Å²) < 4.78 is 11.0. The highest BCUT2D eigenvalue weighted by Gasteiger charge is 2.16. The second-order valence-electron chi connectivity index (χ2n) is 5.94. The van der Waals surface area contributed by atoms with Crippen LogP contribution in [-0.2, 0) is 0 Å². The maximum absolute atomic E-state index is 12.5. The van der Waals surface area contributed by atoms with Crippen molar-refractivity contribution in [1.82, 2.24) is 15.4 Å². The van der Waals surface area contributed by atoms with Gasteiger partial charge in [-0.3, -0.25) is 9.78 Å². The van der Waals surface area contributed by atoms with E-state index in [-0.39, 0.29) is 22.0 Å². The molecule has 1 aromatic heterocycles. The largest absolute Gasteiger partial charge is 0.490 e. The summed E-state index contributed by atoms with van der Waals surface area (Å²) >= 11 is 11.9. The molecule has 0 saturated carbocycles. The van der Waals surface area contributed by atoms with E-state index in [0.717, 1.165) is 0 Å². The Bertz CT molecular complexity index is 1120. The van der Waals surface area contributed by atoms with Gasteiger partial charge in [-0.15, -0.1) is 0 Å². The molecule has 10 heteroatoms. The first-order valence-electron chi connectivity index (χ1n) is 9.01. The smallest absolute Gasteiger partial charge is 0.345 e. The molecule has 158 valence electrons. The second kappa shape index (κ2) is 10.5. The van der Waals surface area contributed by atoms with E-state index in [2.05, 4.69) is 20.5 Å². The Labute approximate surface area is 187 Å². The van der Waals surface area contributed by atoms with Gasteiger partial charge in [0.25, 0.3) is 5.91 Å². The van der Waals surface area contributed by atoms with Crippen LogP contribution in [0, 0.1) is 0 Å². The maximum atomic E-state index is 12.5. The predicted octanol–water partition coefficient (Wildman–Crippen LogP) is 4.17. The van der Waals surface area contributed by atoms with E-state index in [9.17, 15) is 9.59 Å². The number of hydrogen-bond donors (Lipinski definition) is 1. The zero-order chi connectivity index (χ0) is 22.2. The van der Waals surface area contributed by atoms with E-state index in [1.165, 1.54) is 36.9 Å². The molecule has 0 atom stereocenters. The summed E-state index contributed by atoms with van der Waals surface area (Å²) in [7, 11) is 0. The Morgan fingerprint density at radius 2 is 1.97 bits per heavy atom. The molecule has 1 N–H and O–H groups in total. The molecule has 0 aliphatic heterocycles. The molecule has 0 fully saturated rings. The van der Waals surface area contributed by atoms with Gasteiger partial charge in [0.15, 0.2) is 11.5 Å². The number of benzene rings is 2. The molecule has 0 unspecified atom stereocenters. The summed E-state index contributed by atoms with van der Waals surface area (Å²) in [6, 6.07) is 9.30. The lowest BCUT2D eigenvalue weighted by atomic mass is 10.2. The number of rotatable bonds is 7. The summed E-state index contributed by atoms with van der Waals surface area (Å²) in [4.78, 5) is 32.1. The average Bonchev–Trinajstić information content (AvgIpc) is 2.76. The molecular weight excluding hydrogens is 443 g/mol. The van der Waals surface area contributed by atoms with Crippen LogP contribution in [0.2, 0.25) is 10.0 Å². The van der Waals surface area contributed by atoms with Crippen LogP contribution in [0.4, 0.5) is 0 Å². The molecule has 0 aliphatic rings. The van der Waals surface area contributed by atoms with Crippen molar-refractivity contribution < 1.29 is 19.1 Å². The molecule has 0 radical (unpaired) electrons. The number of ether oxygens (including phenoxy) is 2. The Morgan fingerprint density at radius 3 is 2.68 bits per heavy atom. The number of aromatic nitrogens is 2. The number of halogens is 2. The first-order chi connectivity index (χ1) is 15.0. The first-order valence-corrected chi connectivity index (χ1v) is 9.77. The number of hydrazone groups is 1. The topological polar surface area (TPSA) is 103 Å². The average molecular weight is 459 g/mol. The minimum Gasteiger partial charge on any atom is -0.490 e. The van der Waals surface area contributed by atoms with Crippen molar-refractivity contribution in [2.45, 2.75) is 6.92 Å². The molecule has 3 aromatic rings. The third kappa shape index (κ3) is 6.00. The molecule has 0 saturated heterocycles. The number of carbonyl (C=O) groups is 2. The lowest BCUT2D eigenvalue weighted by Gasteiger charge is -2.12. The van der Waals surface area contributed by atoms with Crippen LogP contribution in [0.3, 0.4) is 0 Å². The summed E-state index contributed by atoms with van der Waals surface area (Å²) in [5.41, 5.74) is 3.27. The lowest BCUT2D eigenvalue weighted by Crippen LogP contribution is -2.19. The lowest BCUT2D eigenvalue weighted by molar-refractivity contribution is 0.0728. The first kappa shape index (κ1) is 22.2. The fraction of sp³-hybridized carbons (Fsp3) is 0.0952. The van der Waals surface area contributed by atoms with Crippen molar-refractivity contribution in [3.8, 4) is 11.5 Å². The Morgan fingerprint density at radius 1 is 1.13 bits per heavy atom. The van der Waals surface area contributed by atoms with E-state index in [0.29, 0.717) is 22.9 Å². The Hall–Kier alpha value is -3.49. The number of nitrogens with zero attached hydrogens (tertiary/aromatic N) is 3. The van der Waals surface area contributed by atoms with Gasteiger partial charge < -0.3 is 9.47 Å². The molecule has 31 heavy (non-hydrogen) atoms. The van der Waals surface area contributed by atoms with Gasteiger partial charge in [-0.05, 0) is 48.9 Å². The predicted molar refractivity (Wildman–Crippen MR) is 116 cm³/mol. The van der Waals surface area contributed by atoms with Crippen LogP contribution in [0.25, 0.3) is 0 Å². The highest BCUT2D eigenvalue weighted by molar-refractivity contribution is 6.36. The minimum atomic E-state index is -0.653. The summed E-state index contributed by atoms with van der Waals surface area (Å²) in [5.74, 6) is -0.621. The fourth-order valence-corrected chi connectivity index (χ4v) is 2.89. The van der Waals surface area contributed by atoms with Gasteiger partial charge in [-0.1, -0.05) is 23.2 Å². The minimum absolute atomic E-state index is 0.137. The van der Waals surface area contributed by atoms with E-state index in [4.69, 9.17) is 32.7 Å². The number of nitrogens with one attached hydrogen (secondary N) is 1. The SMILES string of the molecule is CCOc1cc(/C=N/NC(=O)c2cnccn2)ccc1OC(=O)c1ccc(Cl)cc1Cl. The van der Waals surface area contributed by atoms with Crippen molar-refractivity contribution in [2.75, 3.05) is 6.61 Å². The van der Waals surface area contributed by atoms with Crippen LogP contribution >= 0.6 is 23.2 Å². The van der Waals surface area contributed by atoms with Gasteiger partial charge in [0.2, 0.25) is 0 Å². The Balaban J connectivity index is 1.73. The highest BCUT2D eigenvalue weighted by atomic mass is 35.5. The van der Waals surface area contributed by atoms with Crippen LogP contribution in [0.15, 0.2) is 60.1 Å². The third-order valence-corrected chi connectivity index (χ3v) is 4.34. The van der Waals surface area contributed by atoms with Gasteiger partial charge in [-0.2, -0.15) is 5.10 Å². The number of esters is 1. The van der Waals surface area contributed by atoms with Crippen molar-refractivity contribution in [3.63, 3.8) is 0 Å². The van der Waals surface area contributed by atoms with E-state index in [1.807, 2.05) is 0 Å². The summed E-state index contributed by atoms with van der Waals surface area (Å²) in [6.45, 7) is 2.14. The third-order valence-electron chi connectivity index (χ3n) is 3.80. The summed E-state index contributed by atoms with van der Waals surface area (Å²) in [6.07, 6.45) is 5.61. The van der Waals surface area contributed by atoms with Gasteiger partial charge in [-0.25, -0.2) is 15.2 Å². The number of carbonyl (C=O) groups excluding carboxylic acids is 2. The number of amides is 1. The van der Waals surface area contributed by atoms with Gasteiger partial charge in [0, 0.05) is 17.4 Å². The fourth-order valence-electron chi connectivity index (χ4n) is 2.41. The molecular formula is C21H16Cl2N4O4. The van der Waals surface area contributed by atoms with Gasteiger partial charge >= 0.3 is 5.97 Å². The molecule has 0 bridgehead atoms. The normalized spacial score (nSPS) is 10.7. The van der Waals surface area contributed by atoms with Crippen LogP contribution in [0.5, 0.6) is 11.5 Å². The van der Waals surface area contributed by atoms with Crippen molar-refractivity contribution in [2.24, 2.45) is 5.10 Å². The Kier molecular flexibility index (Phi) is 7.53. The van der Waals surface area contributed by atoms with Gasteiger partial charge in [0.05, 0.1) is 29.6 Å². The second-order valence-corrected chi connectivity index (χ2v) is 6.79.